The summed E-state index contributed by atoms with van der Waals surface area (Å²) in [7, 11) is 2.12. The van der Waals surface area contributed by atoms with Crippen LogP contribution in [0.3, 0.4) is 0 Å². The van der Waals surface area contributed by atoms with Crippen molar-refractivity contribution in [3.05, 3.63) is 0 Å². The maximum atomic E-state index is 3.68. The summed E-state index contributed by atoms with van der Waals surface area (Å²) in [6.45, 7) is 21.2. The highest BCUT2D eigenvalue weighted by atomic mass is 15.0. The maximum Gasteiger partial charge on any atom is 0.0303 e. The van der Waals surface area contributed by atoms with E-state index in [1.807, 2.05) is 0 Å². The second-order valence-electron chi connectivity index (χ2n) is 7.34. The van der Waals surface area contributed by atoms with Gasteiger partial charge in [-0.05, 0) is 29.7 Å². The zero-order valence-electron chi connectivity index (χ0n) is 13.2. The van der Waals surface area contributed by atoms with Gasteiger partial charge in [-0.25, -0.2) is 0 Å². The second kappa shape index (κ2) is 4.68. The van der Waals surface area contributed by atoms with Crippen LogP contribution < -0.4 is 5.32 Å². The van der Waals surface area contributed by atoms with E-state index in [1.165, 1.54) is 0 Å². The fourth-order valence-electron chi connectivity index (χ4n) is 4.02. The molecule has 0 rings (SSSR count). The molecule has 98 valence electrons. The second-order valence-corrected chi connectivity index (χ2v) is 7.34. The van der Waals surface area contributed by atoms with Crippen molar-refractivity contribution in [2.24, 2.45) is 22.7 Å². The highest BCUT2D eigenvalue weighted by Crippen LogP contribution is 2.51. The molecule has 0 saturated carbocycles. The van der Waals surface area contributed by atoms with Crippen LogP contribution in [-0.2, 0) is 0 Å². The molecule has 0 radical (unpaired) electrons. The van der Waals surface area contributed by atoms with E-state index in [9.17, 15) is 0 Å². The first kappa shape index (κ1) is 16.0. The van der Waals surface area contributed by atoms with Crippen LogP contribution >= 0.6 is 0 Å². The molecule has 0 spiro atoms. The van der Waals surface area contributed by atoms with Gasteiger partial charge in [0.15, 0.2) is 0 Å². The number of hydrogen-bond acceptors (Lipinski definition) is 1. The van der Waals surface area contributed by atoms with E-state index in [-0.39, 0.29) is 16.4 Å². The van der Waals surface area contributed by atoms with Gasteiger partial charge in [-0.3, -0.25) is 0 Å². The molecule has 1 unspecified atom stereocenters. The summed E-state index contributed by atoms with van der Waals surface area (Å²) in [5.74, 6) is 1.26. The molecule has 0 aliphatic rings. The monoisotopic (exact) mass is 227 g/mol. The molecular formula is C15H33N. The topological polar surface area (TPSA) is 12.0 Å². The quantitative estimate of drug-likeness (QED) is 0.754. The highest BCUT2D eigenvalue weighted by Gasteiger charge is 2.54. The Bertz CT molecular complexity index is 220. The Kier molecular flexibility index (Phi) is 4.67. The van der Waals surface area contributed by atoms with Gasteiger partial charge in [-0.1, -0.05) is 62.3 Å². The molecule has 1 heteroatoms. The van der Waals surface area contributed by atoms with Crippen LogP contribution in [-0.4, -0.2) is 12.6 Å². The van der Waals surface area contributed by atoms with Gasteiger partial charge >= 0.3 is 0 Å². The molecule has 0 aromatic rings. The van der Waals surface area contributed by atoms with E-state index in [0.29, 0.717) is 11.8 Å². The lowest BCUT2D eigenvalue weighted by Gasteiger charge is -2.59. The Morgan fingerprint density at radius 3 is 1.19 bits per heavy atom. The predicted molar refractivity (Wildman–Crippen MR) is 74.7 cm³/mol. The fourth-order valence-corrected chi connectivity index (χ4v) is 4.02. The number of hydrogen-bond donors (Lipinski definition) is 1. The molecule has 0 saturated heterocycles. The zero-order chi connectivity index (χ0) is 13.4. The summed E-state index contributed by atoms with van der Waals surface area (Å²) in [5.41, 5.74) is 0.645. The van der Waals surface area contributed by atoms with E-state index >= 15 is 0 Å². The molecule has 0 fully saturated rings. The number of nitrogens with one attached hydrogen (secondary N) is 1. The van der Waals surface area contributed by atoms with E-state index in [0.717, 1.165) is 0 Å². The van der Waals surface area contributed by atoms with Crippen LogP contribution in [0.1, 0.15) is 62.3 Å². The van der Waals surface area contributed by atoms with Gasteiger partial charge in [0, 0.05) is 5.54 Å². The molecule has 1 N–H and O–H groups in total. The largest absolute Gasteiger partial charge is 0.313 e. The minimum atomic E-state index is 0.147. The molecular weight excluding hydrogens is 194 g/mol. The van der Waals surface area contributed by atoms with Gasteiger partial charge in [0.25, 0.3) is 0 Å². The first-order valence-electron chi connectivity index (χ1n) is 6.64. The lowest BCUT2D eigenvalue weighted by Crippen LogP contribution is -2.67. The van der Waals surface area contributed by atoms with E-state index in [1.54, 1.807) is 0 Å². The van der Waals surface area contributed by atoms with E-state index in [4.69, 9.17) is 0 Å². The van der Waals surface area contributed by atoms with Crippen LogP contribution in [0, 0.1) is 22.7 Å². The van der Waals surface area contributed by atoms with Gasteiger partial charge < -0.3 is 5.32 Å². The third kappa shape index (κ3) is 2.16. The minimum absolute atomic E-state index is 0.147. The normalized spacial score (nSPS) is 18.0. The van der Waals surface area contributed by atoms with Crippen LogP contribution in [0.25, 0.3) is 0 Å². The summed E-state index contributed by atoms with van der Waals surface area (Å²) in [4.78, 5) is 0. The van der Waals surface area contributed by atoms with Crippen LogP contribution in [0.2, 0.25) is 0 Å². The Morgan fingerprint density at radius 2 is 1.12 bits per heavy atom. The molecule has 0 bridgehead atoms. The lowest BCUT2D eigenvalue weighted by molar-refractivity contribution is -0.0503. The third-order valence-electron chi connectivity index (χ3n) is 4.90. The Labute approximate surface area is 103 Å². The molecule has 0 heterocycles. The highest BCUT2D eigenvalue weighted by molar-refractivity contribution is 5.09. The molecule has 0 aromatic carbocycles. The van der Waals surface area contributed by atoms with Gasteiger partial charge in [0.05, 0.1) is 0 Å². The van der Waals surface area contributed by atoms with E-state index < -0.39 is 0 Å². The molecule has 16 heavy (non-hydrogen) atoms. The summed E-state index contributed by atoms with van der Waals surface area (Å²) in [5, 5.41) is 3.68. The first-order valence-corrected chi connectivity index (χ1v) is 6.64. The fraction of sp³-hybridized carbons (Fsp3) is 1.00. The number of rotatable bonds is 4. The van der Waals surface area contributed by atoms with Gasteiger partial charge in [0.1, 0.15) is 0 Å². The molecule has 0 aromatic heterocycles. The summed E-state index contributed by atoms with van der Waals surface area (Å²) in [6.07, 6.45) is 0. The van der Waals surface area contributed by atoms with Crippen molar-refractivity contribution in [2.45, 2.75) is 67.9 Å². The maximum absolute atomic E-state index is 3.68. The molecule has 0 aliphatic carbocycles. The third-order valence-corrected chi connectivity index (χ3v) is 4.90. The lowest BCUT2D eigenvalue weighted by atomic mass is 9.51. The molecule has 0 amide bonds. The summed E-state index contributed by atoms with van der Waals surface area (Å²) < 4.78 is 0. The van der Waals surface area contributed by atoms with Gasteiger partial charge in [-0.15, -0.1) is 0 Å². The van der Waals surface area contributed by atoms with Crippen LogP contribution in [0.4, 0.5) is 0 Å². The van der Waals surface area contributed by atoms with Crippen molar-refractivity contribution in [3.63, 3.8) is 0 Å². The average molecular weight is 227 g/mol. The summed E-state index contributed by atoms with van der Waals surface area (Å²) >= 11 is 0. The van der Waals surface area contributed by atoms with Crippen LogP contribution in [0.5, 0.6) is 0 Å². The average Bonchev–Trinajstić information content (AvgIpc) is 2.01. The van der Waals surface area contributed by atoms with Crippen molar-refractivity contribution in [2.75, 3.05) is 7.05 Å². The van der Waals surface area contributed by atoms with E-state index in [2.05, 4.69) is 74.7 Å². The van der Waals surface area contributed by atoms with Crippen molar-refractivity contribution in [1.29, 1.82) is 0 Å². The first-order chi connectivity index (χ1) is 6.95. The van der Waals surface area contributed by atoms with Gasteiger partial charge in [-0.2, -0.15) is 0 Å². The Balaban J connectivity index is 5.75. The van der Waals surface area contributed by atoms with Crippen molar-refractivity contribution in [3.8, 4) is 0 Å². The van der Waals surface area contributed by atoms with Crippen LogP contribution in [0.15, 0.2) is 0 Å². The standard InChI is InChI=1S/C15H33N/c1-11(2)14(8,9)15(16-10,12(3)4)13(5,6)7/h11-12,16H,1-10H3. The molecule has 1 nitrogen and oxygen atoms in total. The zero-order valence-corrected chi connectivity index (χ0v) is 13.2. The van der Waals surface area contributed by atoms with Crippen molar-refractivity contribution >= 4 is 0 Å². The Hall–Kier alpha value is -0.0400. The summed E-state index contributed by atoms with van der Waals surface area (Å²) in [6, 6.07) is 0. The minimum Gasteiger partial charge on any atom is -0.313 e. The Morgan fingerprint density at radius 1 is 0.750 bits per heavy atom. The predicted octanol–water partition coefficient (Wildman–Crippen LogP) is 4.33. The SMILES string of the molecule is CNC(C(C)C)(C(C)(C)C)C(C)(C)C(C)C. The smallest absolute Gasteiger partial charge is 0.0303 e. The van der Waals surface area contributed by atoms with Crippen molar-refractivity contribution < 1.29 is 0 Å². The van der Waals surface area contributed by atoms with Gasteiger partial charge in [0.2, 0.25) is 0 Å². The van der Waals surface area contributed by atoms with Crippen molar-refractivity contribution in [1.82, 2.24) is 5.32 Å². The molecule has 0 aliphatic heterocycles. The molecule has 1 atom stereocenters.